The van der Waals surface area contributed by atoms with E-state index in [1.165, 1.54) is 25.7 Å². The van der Waals surface area contributed by atoms with Crippen molar-refractivity contribution in [1.82, 2.24) is 9.88 Å². The normalized spacial score (nSPS) is 15.2. The van der Waals surface area contributed by atoms with E-state index in [1.54, 1.807) is 19.2 Å². The first-order valence-corrected chi connectivity index (χ1v) is 10.8. The molecule has 1 aliphatic rings. The molecule has 1 aliphatic carbocycles. The molecule has 0 spiro atoms. The molecule has 0 aliphatic heterocycles. The number of allylic oxidation sites excluding steroid dienone is 1. The average Bonchev–Trinajstić information content (AvgIpc) is 3.18. The largest absolute Gasteiger partial charge is 0.325 e. The quantitative estimate of drug-likeness (QED) is 0.591. The Morgan fingerprint density at radius 3 is 2.59 bits per heavy atom. The van der Waals surface area contributed by atoms with Crippen LogP contribution in [0.5, 0.6) is 0 Å². The minimum absolute atomic E-state index is 0.0290. The smallest absolute Gasteiger partial charge is 0.251 e. The summed E-state index contributed by atoms with van der Waals surface area (Å²) in [6.07, 6.45) is 9.81. The maximum Gasteiger partial charge on any atom is 0.251 e. The van der Waals surface area contributed by atoms with Gasteiger partial charge in [0.25, 0.3) is 5.91 Å². The number of rotatable bonds is 9. The molecule has 1 heterocycles. The summed E-state index contributed by atoms with van der Waals surface area (Å²) >= 11 is 0. The molecular weight excluding hydrogens is 364 g/mol. The Morgan fingerprint density at radius 2 is 1.97 bits per heavy atom. The summed E-state index contributed by atoms with van der Waals surface area (Å²) in [4.78, 5) is 31.5. The van der Waals surface area contributed by atoms with Gasteiger partial charge in [0.2, 0.25) is 5.91 Å². The van der Waals surface area contributed by atoms with Gasteiger partial charge in [0, 0.05) is 30.6 Å². The lowest BCUT2D eigenvalue weighted by Gasteiger charge is -2.32. The van der Waals surface area contributed by atoms with Crippen LogP contribution in [0.2, 0.25) is 0 Å². The van der Waals surface area contributed by atoms with Crippen molar-refractivity contribution in [2.75, 3.05) is 17.2 Å². The van der Waals surface area contributed by atoms with Gasteiger partial charge in [-0.25, -0.2) is 0 Å². The first-order valence-electron chi connectivity index (χ1n) is 10.8. The summed E-state index contributed by atoms with van der Waals surface area (Å²) in [5, 5.41) is 5.81. The fourth-order valence-electron chi connectivity index (χ4n) is 3.90. The van der Waals surface area contributed by atoms with Crippen molar-refractivity contribution < 1.29 is 9.59 Å². The Hall–Kier alpha value is -2.21. The zero-order valence-corrected chi connectivity index (χ0v) is 18.5. The van der Waals surface area contributed by atoms with Crippen molar-refractivity contribution in [3.05, 3.63) is 29.6 Å². The first-order chi connectivity index (χ1) is 13.8. The molecule has 0 saturated heterocycles. The lowest BCUT2D eigenvalue weighted by atomic mass is 10.1. The number of carbonyl (C=O) groups excluding carboxylic acids is 2. The minimum atomic E-state index is -0.149. The molecule has 2 rings (SSSR count). The van der Waals surface area contributed by atoms with E-state index < -0.39 is 0 Å². The summed E-state index contributed by atoms with van der Waals surface area (Å²) in [7, 11) is 0. The fraction of sp³-hybridized carbons (Fsp3) is 0.609. The van der Waals surface area contributed by atoms with Gasteiger partial charge in [0.1, 0.15) is 0 Å². The van der Waals surface area contributed by atoms with Crippen LogP contribution >= 0.6 is 0 Å². The molecule has 6 heteroatoms. The summed E-state index contributed by atoms with van der Waals surface area (Å²) in [5.74, 6) is -0.178. The molecule has 1 saturated carbocycles. The van der Waals surface area contributed by atoms with Crippen molar-refractivity contribution in [2.24, 2.45) is 0 Å². The molecular formula is C23H36N4O2. The van der Waals surface area contributed by atoms with Crippen molar-refractivity contribution in [3.8, 4) is 0 Å². The minimum Gasteiger partial charge on any atom is -0.325 e. The van der Waals surface area contributed by atoms with Crippen LogP contribution < -0.4 is 10.6 Å². The molecule has 1 aromatic rings. The van der Waals surface area contributed by atoms with Crippen LogP contribution in [0.25, 0.3) is 0 Å². The van der Waals surface area contributed by atoms with E-state index in [9.17, 15) is 9.59 Å². The molecule has 0 unspecified atom stereocenters. The molecule has 160 valence electrons. The predicted molar refractivity (Wildman–Crippen MR) is 119 cm³/mol. The van der Waals surface area contributed by atoms with Crippen molar-refractivity contribution in [2.45, 2.75) is 85.2 Å². The van der Waals surface area contributed by atoms with Crippen LogP contribution in [0.15, 0.2) is 23.9 Å². The van der Waals surface area contributed by atoms with E-state index in [0.717, 1.165) is 13.0 Å². The standard InChI is InChI=1S/C23H36N4O2/c1-6-9-17(4)23(29)26-21-14-19(15-24-18(21)5)25-22(28)12-13-27(16(2)3)20-10-7-8-11-20/h9,14-16,20H,6-8,10-13H2,1-5H3,(H,25,28)(H,26,29)/b17-9-. The third-order valence-electron chi connectivity index (χ3n) is 5.54. The number of anilines is 2. The Labute approximate surface area is 175 Å². The maximum atomic E-state index is 12.5. The van der Waals surface area contributed by atoms with Crippen molar-refractivity contribution in [1.29, 1.82) is 0 Å². The number of amides is 2. The van der Waals surface area contributed by atoms with E-state index in [4.69, 9.17) is 0 Å². The average molecular weight is 401 g/mol. The van der Waals surface area contributed by atoms with Gasteiger partial charge >= 0.3 is 0 Å². The number of nitrogens with zero attached hydrogens (tertiary/aromatic N) is 2. The zero-order chi connectivity index (χ0) is 21.4. The SMILES string of the molecule is CC/C=C(/C)C(=O)Nc1cc(NC(=O)CCN(C(C)C)C2CCCC2)cnc1C. The van der Waals surface area contributed by atoms with Gasteiger partial charge in [-0.2, -0.15) is 0 Å². The van der Waals surface area contributed by atoms with E-state index in [2.05, 4.69) is 34.4 Å². The van der Waals surface area contributed by atoms with Gasteiger partial charge in [-0.3, -0.25) is 19.5 Å². The Morgan fingerprint density at radius 1 is 1.28 bits per heavy atom. The molecule has 1 aromatic heterocycles. The van der Waals surface area contributed by atoms with E-state index in [0.29, 0.717) is 41.1 Å². The third-order valence-corrected chi connectivity index (χ3v) is 5.54. The molecule has 0 atom stereocenters. The Balaban J connectivity index is 1.96. The van der Waals surface area contributed by atoms with Crippen molar-refractivity contribution >= 4 is 23.2 Å². The fourth-order valence-corrected chi connectivity index (χ4v) is 3.90. The number of carbonyl (C=O) groups is 2. The van der Waals surface area contributed by atoms with E-state index in [1.807, 2.05) is 19.9 Å². The molecule has 29 heavy (non-hydrogen) atoms. The van der Waals surface area contributed by atoms with Gasteiger partial charge in [0.15, 0.2) is 0 Å². The van der Waals surface area contributed by atoms with Gasteiger partial charge < -0.3 is 10.6 Å². The second kappa shape index (κ2) is 11.1. The van der Waals surface area contributed by atoms with Crippen LogP contribution in [-0.2, 0) is 9.59 Å². The van der Waals surface area contributed by atoms with Gasteiger partial charge in [-0.05, 0) is 53.0 Å². The molecule has 6 nitrogen and oxygen atoms in total. The summed E-state index contributed by atoms with van der Waals surface area (Å²) in [5.41, 5.74) is 2.60. The number of nitrogens with one attached hydrogen (secondary N) is 2. The highest BCUT2D eigenvalue weighted by atomic mass is 16.2. The van der Waals surface area contributed by atoms with Crippen LogP contribution in [-0.4, -0.2) is 40.3 Å². The van der Waals surface area contributed by atoms with Crippen LogP contribution in [0.1, 0.15) is 71.9 Å². The van der Waals surface area contributed by atoms with Gasteiger partial charge in [0.05, 0.1) is 23.3 Å². The van der Waals surface area contributed by atoms with Gasteiger partial charge in [-0.1, -0.05) is 25.8 Å². The van der Waals surface area contributed by atoms with Crippen LogP contribution in [0.4, 0.5) is 11.4 Å². The third kappa shape index (κ3) is 6.96. The van der Waals surface area contributed by atoms with Crippen molar-refractivity contribution in [3.63, 3.8) is 0 Å². The highest BCUT2D eigenvalue weighted by Crippen LogP contribution is 2.25. The Kier molecular flexibility index (Phi) is 8.83. The molecule has 1 fully saturated rings. The number of pyridine rings is 1. The number of aryl methyl sites for hydroxylation is 1. The number of hydrogen-bond acceptors (Lipinski definition) is 4. The Bertz CT molecular complexity index is 736. The zero-order valence-electron chi connectivity index (χ0n) is 18.5. The number of hydrogen-bond donors (Lipinski definition) is 2. The highest BCUT2D eigenvalue weighted by Gasteiger charge is 2.24. The second-order valence-corrected chi connectivity index (χ2v) is 8.17. The summed E-state index contributed by atoms with van der Waals surface area (Å²) in [6, 6.07) is 2.81. The molecule has 0 aromatic carbocycles. The number of aromatic nitrogens is 1. The second-order valence-electron chi connectivity index (χ2n) is 8.17. The molecule has 0 radical (unpaired) electrons. The van der Waals surface area contributed by atoms with Crippen LogP contribution in [0, 0.1) is 6.92 Å². The summed E-state index contributed by atoms with van der Waals surface area (Å²) in [6.45, 7) is 10.8. The van der Waals surface area contributed by atoms with Gasteiger partial charge in [-0.15, -0.1) is 0 Å². The molecule has 2 amide bonds. The maximum absolute atomic E-state index is 12.5. The monoisotopic (exact) mass is 400 g/mol. The summed E-state index contributed by atoms with van der Waals surface area (Å²) < 4.78 is 0. The lowest BCUT2D eigenvalue weighted by Crippen LogP contribution is -2.40. The first kappa shape index (κ1) is 23.1. The van der Waals surface area contributed by atoms with E-state index >= 15 is 0 Å². The topological polar surface area (TPSA) is 74.3 Å². The van der Waals surface area contributed by atoms with E-state index in [-0.39, 0.29) is 11.8 Å². The van der Waals surface area contributed by atoms with Crippen LogP contribution in [0.3, 0.4) is 0 Å². The lowest BCUT2D eigenvalue weighted by molar-refractivity contribution is -0.116. The molecule has 0 bridgehead atoms. The molecule has 2 N–H and O–H groups in total. The predicted octanol–water partition coefficient (Wildman–Crippen LogP) is 4.67. The highest BCUT2D eigenvalue weighted by molar-refractivity contribution is 6.04.